The number of ketones is 1. The lowest BCUT2D eigenvalue weighted by Gasteiger charge is -2.30. The van der Waals surface area contributed by atoms with Crippen molar-refractivity contribution in [3.05, 3.63) is 20.1 Å². The second-order valence-corrected chi connectivity index (χ2v) is 9.52. The van der Waals surface area contributed by atoms with Crippen molar-refractivity contribution in [3.63, 3.8) is 0 Å². The molecule has 3 nitrogen and oxygen atoms in total. The van der Waals surface area contributed by atoms with Crippen molar-refractivity contribution in [2.24, 2.45) is 5.41 Å². The SMILES string of the molecule is O=C1C(Cl)=C(Cl)[C@]2(Cl)C(Cl)=C(Cl)[C@]3(Cl)C12[C@]3(Cl)C(=O)N1CCCC1. The Morgan fingerprint density at radius 2 is 1.46 bits per heavy atom. The fourth-order valence-corrected chi connectivity index (χ4v) is 8.01. The van der Waals surface area contributed by atoms with Gasteiger partial charge in [-0.1, -0.05) is 46.4 Å². The molecule has 10 heteroatoms. The molecule has 0 N–H and O–H groups in total. The molecule has 1 amide bonds. The molecule has 0 radical (unpaired) electrons. The Kier molecular flexibility index (Phi) is 3.70. The molecule has 130 valence electrons. The molecule has 1 aliphatic heterocycles. The van der Waals surface area contributed by atoms with Gasteiger partial charge in [-0.2, -0.15) is 0 Å². The van der Waals surface area contributed by atoms with Gasteiger partial charge in [0.05, 0.1) is 15.1 Å². The van der Waals surface area contributed by atoms with Crippen LogP contribution in [-0.4, -0.2) is 44.3 Å². The normalized spacial score (nSPS) is 46.8. The number of amides is 1. The summed E-state index contributed by atoms with van der Waals surface area (Å²) in [6.45, 7) is 1.04. The minimum Gasteiger partial charge on any atom is -0.341 e. The molecule has 24 heavy (non-hydrogen) atoms. The summed E-state index contributed by atoms with van der Waals surface area (Å²) < 4.78 is 0. The van der Waals surface area contributed by atoms with E-state index in [-0.39, 0.29) is 20.1 Å². The quantitative estimate of drug-likeness (QED) is 0.529. The van der Waals surface area contributed by atoms with Crippen LogP contribution in [0.1, 0.15) is 12.8 Å². The lowest BCUT2D eigenvalue weighted by atomic mass is 9.88. The molecule has 0 aromatic heterocycles. The Hall–Kier alpha value is 0.650. The van der Waals surface area contributed by atoms with Gasteiger partial charge in [0.15, 0.2) is 10.7 Å². The molecule has 1 spiro atoms. The van der Waals surface area contributed by atoms with Gasteiger partial charge in [-0.15, -0.1) is 34.8 Å². The predicted octanol–water partition coefficient (Wildman–Crippen LogP) is 4.52. The molecule has 4 rings (SSSR count). The zero-order valence-corrected chi connectivity index (χ0v) is 17.0. The highest BCUT2D eigenvalue weighted by Gasteiger charge is 3.05. The largest absolute Gasteiger partial charge is 0.341 e. The highest BCUT2D eigenvalue weighted by molar-refractivity contribution is 6.69. The van der Waals surface area contributed by atoms with E-state index in [4.69, 9.17) is 81.2 Å². The second-order valence-electron chi connectivity index (χ2n) is 6.31. The van der Waals surface area contributed by atoms with E-state index < -0.39 is 31.7 Å². The van der Waals surface area contributed by atoms with Crippen molar-refractivity contribution in [1.29, 1.82) is 0 Å². The highest BCUT2D eigenvalue weighted by atomic mass is 35.5. The molecule has 1 saturated carbocycles. The molecule has 4 aliphatic rings. The molecular formula is C14H8Cl7NO2. The summed E-state index contributed by atoms with van der Waals surface area (Å²) in [5, 5.41) is -0.798. The van der Waals surface area contributed by atoms with Gasteiger partial charge in [-0.25, -0.2) is 0 Å². The zero-order valence-electron chi connectivity index (χ0n) is 11.7. The number of halogens is 7. The van der Waals surface area contributed by atoms with Crippen molar-refractivity contribution in [2.75, 3.05) is 13.1 Å². The van der Waals surface area contributed by atoms with Gasteiger partial charge in [0.1, 0.15) is 20.2 Å². The number of alkyl halides is 3. The van der Waals surface area contributed by atoms with Crippen molar-refractivity contribution < 1.29 is 9.59 Å². The summed E-state index contributed by atoms with van der Waals surface area (Å²) in [6, 6.07) is 0. The summed E-state index contributed by atoms with van der Waals surface area (Å²) in [6.07, 6.45) is 1.68. The molecule has 1 heterocycles. The van der Waals surface area contributed by atoms with Crippen molar-refractivity contribution in [2.45, 2.75) is 27.5 Å². The Labute approximate surface area is 172 Å². The van der Waals surface area contributed by atoms with E-state index >= 15 is 0 Å². The van der Waals surface area contributed by atoms with E-state index in [1.54, 1.807) is 4.90 Å². The van der Waals surface area contributed by atoms with Gasteiger partial charge in [0.2, 0.25) is 5.91 Å². The topological polar surface area (TPSA) is 37.4 Å². The fraction of sp³-hybridized carbons (Fsp3) is 0.571. The summed E-state index contributed by atoms with van der Waals surface area (Å²) in [5.41, 5.74) is -1.83. The molecule has 1 unspecified atom stereocenters. The third-order valence-electron chi connectivity index (χ3n) is 5.48. The molecule has 0 bridgehead atoms. The van der Waals surface area contributed by atoms with Gasteiger partial charge in [-0.3, -0.25) is 9.59 Å². The number of carbonyl (C=O) groups excluding carboxylic acids is 2. The van der Waals surface area contributed by atoms with E-state index in [2.05, 4.69) is 0 Å². The number of likely N-dealkylation sites (tertiary alicyclic amines) is 1. The summed E-state index contributed by atoms with van der Waals surface area (Å²) in [7, 11) is 0. The lowest BCUT2D eigenvalue weighted by molar-refractivity contribution is -0.133. The van der Waals surface area contributed by atoms with Crippen molar-refractivity contribution in [1.82, 2.24) is 4.90 Å². The van der Waals surface area contributed by atoms with Crippen LogP contribution in [0, 0.1) is 5.41 Å². The van der Waals surface area contributed by atoms with Crippen LogP contribution in [0.2, 0.25) is 0 Å². The molecule has 0 aromatic rings. The highest BCUT2D eigenvalue weighted by Crippen LogP contribution is 2.91. The summed E-state index contributed by atoms with van der Waals surface area (Å²) in [5.74, 6) is -1.22. The maximum atomic E-state index is 13.1. The minimum atomic E-state index is -1.89. The fourth-order valence-electron chi connectivity index (χ4n) is 4.34. The average molecular weight is 470 g/mol. The monoisotopic (exact) mass is 467 g/mol. The number of carbonyl (C=O) groups is 2. The van der Waals surface area contributed by atoms with E-state index in [1.165, 1.54) is 0 Å². The van der Waals surface area contributed by atoms with Gasteiger partial charge in [0, 0.05) is 13.1 Å². The molecule has 0 aromatic carbocycles. The Bertz CT molecular complexity index is 788. The van der Waals surface area contributed by atoms with E-state index in [0.29, 0.717) is 13.1 Å². The van der Waals surface area contributed by atoms with Crippen LogP contribution in [0.15, 0.2) is 20.1 Å². The first-order valence-corrected chi connectivity index (χ1v) is 9.73. The number of allylic oxidation sites excluding steroid dienone is 4. The third kappa shape index (κ3) is 1.38. The van der Waals surface area contributed by atoms with Crippen LogP contribution in [0.4, 0.5) is 0 Å². The van der Waals surface area contributed by atoms with Crippen molar-refractivity contribution >= 4 is 92.9 Å². The minimum absolute atomic E-state index is 0.125. The maximum Gasteiger partial charge on any atom is 0.247 e. The van der Waals surface area contributed by atoms with Crippen LogP contribution >= 0.6 is 81.2 Å². The third-order valence-corrected chi connectivity index (χ3v) is 9.99. The first-order chi connectivity index (χ1) is 11.1. The van der Waals surface area contributed by atoms with Gasteiger partial charge < -0.3 is 4.90 Å². The van der Waals surface area contributed by atoms with Gasteiger partial charge in [-0.05, 0) is 12.8 Å². The first kappa shape index (κ1) is 18.0. The zero-order chi connectivity index (χ0) is 17.9. The van der Waals surface area contributed by atoms with Crippen molar-refractivity contribution in [3.8, 4) is 0 Å². The van der Waals surface area contributed by atoms with E-state index in [1.807, 2.05) is 0 Å². The van der Waals surface area contributed by atoms with Crippen LogP contribution in [0.5, 0.6) is 0 Å². The van der Waals surface area contributed by atoms with E-state index in [0.717, 1.165) is 12.8 Å². The standard InChI is InChI=1S/C14H8Cl7NO2/c15-5-6(16)11(19)7(17)8(18)13(20)12(11,9(5)23)14(13,21)10(24)22-3-1-2-4-22/h1-4H2/t11-,12?,13-,14+/m0/s1. The number of Topliss-reactive ketones (excluding diaryl/α,β-unsaturated/α-hetero) is 1. The molecule has 2 fully saturated rings. The van der Waals surface area contributed by atoms with E-state index in [9.17, 15) is 9.59 Å². The Balaban J connectivity index is 1.97. The second kappa shape index (κ2) is 4.92. The van der Waals surface area contributed by atoms with Crippen LogP contribution in [0.3, 0.4) is 0 Å². The molecular weight excluding hydrogens is 462 g/mol. The number of hydrogen-bond acceptors (Lipinski definition) is 2. The summed E-state index contributed by atoms with van der Waals surface area (Å²) in [4.78, 5) is 22.1. The Morgan fingerprint density at radius 1 is 0.917 bits per heavy atom. The molecule has 3 aliphatic carbocycles. The smallest absolute Gasteiger partial charge is 0.247 e. The first-order valence-electron chi connectivity index (χ1n) is 7.09. The average Bonchev–Trinajstić information content (AvgIpc) is 2.95. The lowest BCUT2D eigenvalue weighted by Crippen LogP contribution is -2.47. The van der Waals surface area contributed by atoms with Crippen LogP contribution in [0.25, 0.3) is 0 Å². The Morgan fingerprint density at radius 3 is 2.00 bits per heavy atom. The number of rotatable bonds is 1. The molecule has 4 atom stereocenters. The number of nitrogens with zero attached hydrogens (tertiary/aromatic N) is 1. The van der Waals surface area contributed by atoms with Crippen LogP contribution < -0.4 is 0 Å². The molecule has 1 saturated heterocycles. The van der Waals surface area contributed by atoms with Gasteiger partial charge in [0.25, 0.3) is 0 Å². The number of hydrogen-bond donors (Lipinski definition) is 0. The van der Waals surface area contributed by atoms with Crippen LogP contribution in [-0.2, 0) is 9.59 Å². The predicted molar refractivity (Wildman–Crippen MR) is 96.5 cm³/mol. The van der Waals surface area contributed by atoms with Gasteiger partial charge >= 0.3 is 0 Å². The summed E-state index contributed by atoms with van der Waals surface area (Å²) >= 11 is 44.8. The maximum absolute atomic E-state index is 13.1.